The molecule has 0 bridgehead atoms. The van der Waals surface area contributed by atoms with Crippen LogP contribution in [0.3, 0.4) is 0 Å². The number of hydrogen-bond acceptors (Lipinski definition) is 3. The third-order valence-corrected chi connectivity index (χ3v) is 6.68. The summed E-state index contributed by atoms with van der Waals surface area (Å²) < 4.78 is 27.1. The second-order valence-electron chi connectivity index (χ2n) is 8.22. The molecule has 1 saturated heterocycles. The Morgan fingerprint density at radius 1 is 1.28 bits per heavy atom. The fraction of sp³-hybridized carbons (Fsp3) is 0.391. The van der Waals surface area contributed by atoms with Crippen LogP contribution in [0, 0.1) is 0 Å². The number of halogens is 2. The number of aromatic amines is 1. The highest BCUT2D eigenvalue weighted by atomic mass is 79.9. The van der Waals surface area contributed by atoms with Gasteiger partial charge < -0.3 is 14.5 Å². The summed E-state index contributed by atoms with van der Waals surface area (Å²) in [6.45, 7) is 2.85. The number of alkyl halides is 1. The molecule has 0 unspecified atom stereocenters. The maximum absolute atomic E-state index is 15.2. The molecule has 1 N–H and O–H groups in total. The Hall–Kier alpha value is -1.89. The van der Waals surface area contributed by atoms with Crippen molar-refractivity contribution in [1.82, 2.24) is 9.88 Å². The number of nitrogens with one attached hydrogen (secondary N) is 1. The summed E-state index contributed by atoms with van der Waals surface area (Å²) in [5.41, 5.74) is 3.30. The molecule has 1 aromatic heterocycles. The molecule has 5 rings (SSSR count). The van der Waals surface area contributed by atoms with Crippen molar-refractivity contribution < 1.29 is 13.9 Å². The van der Waals surface area contributed by atoms with Crippen molar-refractivity contribution in [3.63, 3.8) is 0 Å². The number of H-pyrrole nitrogens is 1. The third kappa shape index (κ3) is 3.18. The Labute approximate surface area is 178 Å². The first-order valence-corrected chi connectivity index (χ1v) is 10.7. The number of fused-ring (bicyclic) bond motifs is 3. The predicted molar refractivity (Wildman–Crippen MR) is 115 cm³/mol. The molecule has 0 amide bonds. The van der Waals surface area contributed by atoms with E-state index in [2.05, 4.69) is 57.0 Å². The summed E-state index contributed by atoms with van der Waals surface area (Å²) in [5.74, 6) is 0.805. The van der Waals surface area contributed by atoms with Crippen molar-refractivity contribution >= 4 is 26.8 Å². The van der Waals surface area contributed by atoms with Crippen LogP contribution in [0.2, 0.25) is 0 Å². The second kappa shape index (κ2) is 7.11. The Bertz CT molecular complexity index is 1060. The molecule has 29 heavy (non-hydrogen) atoms. The lowest BCUT2D eigenvalue weighted by Crippen LogP contribution is -2.57. The highest BCUT2D eigenvalue weighted by molar-refractivity contribution is 9.10. The summed E-state index contributed by atoms with van der Waals surface area (Å²) >= 11 is 3.61. The fourth-order valence-electron chi connectivity index (χ4n) is 4.75. The Balaban J connectivity index is 1.71. The average Bonchev–Trinajstić information content (AvgIpc) is 3.05. The molecule has 2 atom stereocenters. The van der Waals surface area contributed by atoms with E-state index in [9.17, 15) is 0 Å². The molecular weight excluding hydrogens is 435 g/mol. The quantitative estimate of drug-likeness (QED) is 0.596. The van der Waals surface area contributed by atoms with E-state index in [-0.39, 0.29) is 25.3 Å². The van der Waals surface area contributed by atoms with Gasteiger partial charge in [0.25, 0.3) is 0 Å². The molecule has 6 heteroatoms. The molecule has 0 saturated carbocycles. The third-order valence-electron chi connectivity index (χ3n) is 6.19. The van der Waals surface area contributed by atoms with Crippen LogP contribution in [0.25, 0.3) is 10.9 Å². The topological polar surface area (TPSA) is 37.5 Å². The van der Waals surface area contributed by atoms with E-state index >= 15 is 4.39 Å². The maximum Gasteiger partial charge on any atom is 0.169 e. The highest BCUT2D eigenvalue weighted by Gasteiger charge is 2.46. The predicted octanol–water partition coefficient (Wildman–Crippen LogP) is 5.01. The van der Waals surface area contributed by atoms with E-state index in [1.807, 2.05) is 18.2 Å². The van der Waals surface area contributed by atoms with Crippen molar-refractivity contribution in [2.24, 2.45) is 0 Å². The van der Waals surface area contributed by atoms with Gasteiger partial charge in [0.05, 0.1) is 26.4 Å². The number of para-hydroxylation sites is 1. The Morgan fingerprint density at radius 2 is 2.07 bits per heavy atom. The molecule has 2 aromatic carbocycles. The van der Waals surface area contributed by atoms with Gasteiger partial charge in [0.1, 0.15) is 5.75 Å². The van der Waals surface area contributed by atoms with Crippen molar-refractivity contribution in [2.45, 2.75) is 31.1 Å². The van der Waals surface area contributed by atoms with E-state index in [1.165, 1.54) is 10.9 Å². The highest BCUT2D eigenvalue weighted by Crippen LogP contribution is 2.45. The lowest BCUT2D eigenvalue weighted by atomic mass is 9.86. The maximum atomic E-state index is 15.2. The van der Waals surface area contributed by atoms with Crippen LogP contribution in [0.1, 0.15) is 29.8 Å². The molecule has 3 heterocycles. The first-order valence-electron chi connectivity index (χ1n) is 9.94. The molecule has 1 fully saturated rings. The number of methoxy groups -OCH3 is 1. The van der Waals surface area contributed by atoms with Crippen LogP contribution in [0.4, 0.5) is 4.39 Å². The molecule has 2 aliphatic rings. The zero-order valence-electron chi connectivity index (χ0n) is 16.5. The van der Waals surface area contributed by atoms with E-state index in [1.54, 1.807) is 7.11 Å². The Kier molecular flexibility index (Phi) is 4.68. The molecule has 0 spiro atoms. The summed E-state index contributed by atoms with van der Waals surface area (Å²) in [6.07, 6.45) is 0.878. The van der Waals surface area contributed by atoms with E-state index in [4.69, 9.17) is 9.47 Å². The molecule has 152 valence electrons. The van der Waals surface area contributed by atoms with Gasteiger partial charge in [0.15, 0.2) is 5.67 Å². The number of rotatable bonds is 4. The molecule has 4 nitrogen and oxygen atoms in total. The number of benzene rings is 2. The lowest BCUT2D eigenvalue weighted by molar-refractivity contribution is -0.147. The van der Waals surface area contributed by atoms with Crippen LogP contribution in [-0.2, 0) is 11.2 Å². The van der Waals surface area contributed by atoms with Crippen LogP contribution < -0.4 is 4.74 Å². The first kappa shape index (κ1) is 19.1. The van der Waals surface area contributed by atoms with Gasteiger partial charge in [-0.1, -0.05) is 34.1 Å². The van der Waals surface area contributed by atoms with Gasteiger partial charge in [-0.2, -0.15) is 0 Å². The fourth-order valence-corrected chi connectivity index (χ4v) is 5.13. The summed E-state index contributed by atoms with van der Waals surface area (Å²) in [5, 5.41) is 1.25. The molecule has 0 aliphatic carbocycles. The van der Waals surface area contributed by atoms with Crippen molar-refractivity contribution in [3.8, 4) is 5.75 Å². The summed E-state index contributed by atoms with van der Waals surface area (Å²) in [4.78, 5) is 5.91. The van der Waals surface area contributed by atoms with Crippen LogP contribution >= 0.6 is 15.9 Å². The SMILES string of the molecule is COc1ccc(Br)cc1[C@@H]1c2[nH]c3ccccc3c2C[C@@H](C)N1CC1(F)COC1. The van der Waals surface area contributed by atoms with Gasteiger partial charge >= 0.3 is 0 Å². The van der Waals surface area contributed by atoms with Gasteiger partial charge in [-0.3, -0.25) is 4.90 Å². The largest absolute Gasteiger partial charge is 0.496 e. The van der Waals surface area contributed by atoms with E-state index < -0.39 is 5.67 Å². The van der Waals surface area contributed by atoms with Crippen LogP contribution in [0.15, 0.2) is 46.9 Å². The van der Waals surface area contributed by atoms with Gasteiger partial charge in [-0.15, -0.1) is 0 Å². The van der Waals surface area contributed by atoms with Crippen molar-refractivity contribution in [1.29, 1.82) is 0 Å². The zero-order valence-corrected chi connectivity index (χ0v) is 18.1. The summed E-state index contributed by atoms with van der Waals surface area (Å²) in [6, 6.07) is 14.5. The molecule has 2 aliphatic heterocycles. The second-order valence-corrected chi connectivity index (χ2v) is 9.14. The van der Waals surface area contributed by atoms with Crippen molar-refractivity contribution in [3.05, 3.63) is 63.8 Å². The standard InChI is InChI=1S/C23H24BrFN2O2/c1-14-9-17-16-5-3-4-6-19(16)26-21(17)22(27(14)11-23(25)12-29-13-23)18-10-15(24)7-8-20(18)28-2/h3-8,10,14,22,26H,9,11-13H2,1-2H3/t14-,22-/m1/s1. The minimum atomic E-state index is -1.30. The van der Waals surface area contributed by atoms with Crippen LogP contribution in [0.5, 0.6) is 5.75 Å². The van der Waals surface area contributed by atoms with Gasteiger partial charge in [-0.05, 0) is 43.2 Å². The lowest BCUT2D eigenvalue weighted by Gasteiger charge is -2.46. The Morgan fingerprint density at radius 3 is 2.79 bits per heavy atom. The van der Waals surface area contributed by atoms with Gasteiger partial charge in [-0.25, -0.2) is 4.39 Å². The first-order chi connectivity index (χ1) is 14.0. The molecule has 3 aromatic rings. The molecule has 0 radical (unpaired) electrons. The molecular formula is C23H24BrFN2O2. The number of hydrogen-bond donors (Lipinski definition) is 1. The monoisotopic (exact) mass is 458 g/mol. The van der Waals surface area contributed by atoms with E-state index in [0.29, 0.717) is 6.54 Å². The van der Waals surface area contributed by atoms with Crippen LogP contribution in [-0.4, -0.2) is 48.5 Å². The zero-order chi connectivity index (χ0) is 20.2. The smallest absolute Gasteiger partial charge is 0.169 e. The normalized spacial score (nSPS) is 23.6. The van der Waals surface area contributed by atoms with E-state index in [0.717, 1.165) is 33.4 Å². The van der Waals surface area contributed by atoms with Gasteiger partial charge in [0.2, 0.25) is 0 Å². The van der Waals surface area contributed by atoms with Crippen molar-refractivity contribution in [2.75, 3.05) is 26.9 Å². The minimum Gasteiger partial charge on any atom is -0.496 e. The number of nitrogens with zero attached hydrogens (tertiary/aromatic N) is 1. The van der Waals surface area contributed by atoms with Gasteiger partial charge in [0, 0.05) is 39.2 Å². The number of aromatic nitrogens is 1. The minimum absolute atomic E-state index is 0.123. The summed E-state index contributed by atoms with van der Waals surface area (Å²) in [7, 11) is 1.69. The number of ether oxygens (including phenoxy) is 2. The average molecular weight is 459 g/mol.